The van der Waals surface area contributed by atoms with Crippen LogP contribution in [-0.4, -0.2) is 126 Å². The summed E-state index contributed by atoms with van der Waals surface area (Å²) in [6, 6.07) is 5.54. The van der Waals surface area contributed by atoms with Gasteiger partial charge in [-0.1, -0.05) is 18.9 Å². The van der Waals surface area contributed by atoms with Crippen molar-refractivity contribution in [2.24, 2.45) is 5.41 Å². The van der Waals surface area contributed by atoms with Crippen LogP contribution in [0.15, 0.2) is 36.5 Å². The summed E-state index contributed by atoms with van der Waals surface area (Å²) in [6.45, 7) is 0.534. The van der Waals surface area contributed by atoms with Gasteiger partial charge >= 0.3 is 5.92 Å². The van der Waals surface area contributed by atoms with Crippen LogP contribution in [-0.2, 0) is 19.2 Å². The Bertz CT molecular complexity index is 2520. The molecule has 3 aromatic rings. The van der Waals surface area contributed by atoms with E-state index >= 15 is 13.2 Å². The number of methoxy groups -OCH3 is 1. The number of carbonyl (C=O) groups is 7. The Kier molecular flexibility index (Phi) is 11.1. The summed E-state index contributed by atoms with van der Waals surface area (Å²) in [7, 11) is 2.60. The number of aromatic nitrogens is 2. The molecule has 2 aromatic carbocycles. The van der Waals surface area contributed by atoms with Gasteiger partial charge in [-0.05, 0) is 56.7 Å². The first-order valence-corrected chi connectivity index (χ1v) is 21.7. The molecule has 4 N–H and O–H groups in total. The maximum Gasteiger partial charge on any atom is 0.342 e. The van der Waals surface area contributed by atoms with Crippen LogP contribution in [0.5, 0.6) is 5.75 Å². The van der Waals surface area contributed by atoms with E-state index in [0.29, 0.717) is 57.4 Å². The van der Waals surface area contributed by atoms with Crippen molar-refractivity contribution in [2.75, 3.05) is 60.8 Å². The lowest BCUT2D eigenvalue weighted by Crippen LogP contribution is -2.67. The molecule has 9 rings (SSSR count). The molecular formula is C44H47F3N10O8. The Hall–Kier alpha value is -6.80. The molecular weight excluding hydrogens is 854 g/mol. The minimum Gasteiger partial charge on any atom is -0.495 e. The molecule has 1 aromatic heterocycles. The molecule has 0 bridgehead atoms. The number of carbonyl (C=O) groups excluding carboxylic acids is 7. The third-order valence-electron chi connectivity index (χ3n) is 13.4. The first kappa shape index (κ1) is 43.5. The SMILES string of the molecule is COc1cc(C(=O)NC2CC3(C2)CN(C(=O)CCCNc2cccc4c2C(=O)N(C2CCC(=O)NC2=O)C4=O)C3)c(F)cc1Nc1ncc2c(n1)N(C1CCCC1)CC(F)(F)C(=O)N2C. The standard InChI is InChI=1S/C44H47F3N10O8/c1-54-31-19-49-42(53-36(31)56(24-7-3-4-8-24)22-44(46,47)41(54)64)51-29-16-27(45)26(15-32(29)65-2)37(60)50-23-17-43(18-23)20-55(21-43)34(59)11-6-14-48-28-10-5-9-25-35(28)40(63)57(39(25)62)30-12-13-33(58)52-38(30)61/h5,9-10,15-16,19,23-24,30,48H,3-4,6-8,11-14,17-18,20-22H2,1-2H3,(H,50,60)(H,49,51,53)(H,52,58,61). The van der Waals surface area contributed by atoms with E-state index in [1.54, 1.807) is 17.0 Å². The number of halogens is 3. The summed E-state index contributed by atoms with van der Waals surface area (Å²) in [5, 5.41) is 11.1. The van der Waals surface area contributed by atoms with Crippen molar-refractivity contribution in [1.29, 1.82) is 0 Å². The Morgan fingerprint density at radius 3 is 2.46 bits per heavy atom. The molecule has 5 heterocycles. The highest BCUT2D eigenvalue weighted by molar-refractivity contribution is 6.25. The molecule has 65 heavy (non-hydrogen) atoms. The number of anilines is 5. The molecule has 4 fully saturated rings. The van der Waals surface area contributed by atoms with Crippen LogP contribution in [0.3, 0.4) is 0 Å². The number of piperidine rings is 1. The van der Waals surface area contributed by atoms with Gasteiger partial charge in [0.05, 0.1) is 42.2 Å². The van der Waals surface area contributed by atoms with Crippen LogP contribution in [0.2, 0.25) is 0 Å². The number of hydrogen-bond acceptors (Lipinski definition) is 13. The monoisotopic (exact) mass is 900 g/mol. The van der Waals surface area contributed by atoms with Gasteiger partial charge in [0.2, 0.25) is 23.7 Å². The van der Waals surface area contributed by atoms with Gasteiger partial charge in [0.25, 0.3) is 23.6 Å². The number of imide groups is 2. The van der Waals surface area contributed by atoms with Gasteiger partial charge in [-0.15, -0.1) is 0 Å². The molecule has 6 aliphatic rings. The molecule has 21 heteroatoms. The summed E-state index contributed by atoms with van der Waals surface area (Å²) in [4.78, 5) is 103. The van der Waals surface area contributed by atoms with Gasteiger partial charge in [-0.2, -0.15) is 13.8 Å². The van der Waals surface area contributed by atoms with E-state index in [1.165, 1.54) is 37.4 Å². The van der Waals surface area contributed by atoms with E-state index in [-0.39, 0.29) is 88.2 Å². The number of nitrogens with one attached hydrogen (secondary N) is 4. The molecule has 342 valence electrons. The van der Waals surface area contributed by atoms with E-state index < -0.39 is 59.8 Å². The summed E-state index contributed by atoms with van der Waals surface area (Å²) in [5.41, 5.74) is 0.513. The third kappa shape index (κ3) is 7.94. The minimum absolute atomic E-state index is 0.0177. The van der Waals surface area contributed by atoms with Crippen molar-refractivity contribution in [3.8, 4) is 5.75 Å². The van der Waals surface area contributed by atoms with Crippen LogP contribution in [0.25, 0.3) is 0 Å². The lowest BCUT2D eigenvalue weighted by molar-refractivity contribution is -0.151. The van der Waals surface area contributed by atoms with Gasteiger partial charge in [-0.25, -0.2) is 9.37 Å². The average molecular weight is 901 g/mol. The molecule has 1 unspecified atom stereocenters. The van der Waals surface area contributed by atoms with Gasteiger partial charge in [-0.3, -0.25) is 43.8 Å². The molecule has 2 saturated heterocycles. The number of rotatable bonds is 12. The zero-order chi connectivity index (χ0) is 45.9. The summed E-state index contributed by atoms with van der Waals surface area (Å²) >= 11 is 0. The maximum atomic E-state index is 15.6. The highest BCUT2D eigenvalue weighted by atomic mass is 19.3. The zero-order valence-corrected chi connectivity index (χ0v) is 35.7. The van der Waals surface area contributed by atoms with E-state index in [2.05, 4.69) is 31.2 Å². The fourth-order valence-corrected chi connectivity index (χ4v) is 10.1. The van der Waals surface area contributed by atoms with Crippen LogP contribution < -0.4 is 35.8 Å². The van der Waals surface area contributed by atoms with Gasteiger partial charge in [0.15, 0.2) is 5.82 Å². The zero-order valence-electron chi connectivity index (χ0n) is 35.7. The molecule has 1 atom stereocenters. The molecule has 0 radical (unpaired) electrons. The van der Waals surface area contributed by atoms with Crippen LogP contribution in [0.1, 0.15) is 95.3 Å². The van der Waals surface area contributed by atoms with E-state index in [1.807, 2.05) is 0 Å². The van der Waals surface area contributed by atoms with E-state index in [9.17, 15) is 33.6 Å². The topological polar surface area (TPSA) is 216 Å². The Balaban J connectivity index is 0.755. The van der Waals surface area contributed by atoms with Crippen molar-refractivity contribution in [3.05, 3.63) is 59.0 Å². The van der Waals surface area contributed by atoms with Gasteiger partial charge < -0.3 is 35.4 Å². The largest absolute Gasteiger partial charge is 0.495 e. The second-order valence-corrected chi connectivity index (χ2v) is 17.7. The van der Waals surface area contributed by atoms with Crippen molar-refractivity contribution >= 4 is 70.2 Å². The number of hydrogen-bond donors (Lipinski definition) is 4. The van der Waals surface area contributed by atoms with Crippen molar-refractivity contribution in [1.82, 2.24) is 30.4 Å². The number of amides is 7. The van der Waals surface area contributed by atoms with Crippen LogP contribution in [0, 0.1) is 11.2 Å². The lowest BCUT2D eigenvalue weighted by Gasteiger charge is -2.59. The fourth-order valence-electron chi connectivity index (χ4n) is 10.1. The van der Waals surface area contributed by atoms with Crippen molar-refractivity contribution in [2.45, 2.75) is 88.3 Å². The number of likely N-dealkylation sites (tertiary alicyclic amines) is 1. The predicted octanol–water partition coefficient (Wildman–Crippen LogP) is 3.74. The minimum atomic E-state index is -3.65. The normalized spacial score (nSPS) is 21.4. The quantitative estimate of drug-likeness (QED) is 0.151. The first-order chi connectivity index (χ1) is 31.1. The third-order valence-corrected chi connectivity index (χ3v) is 13.4. The lowest BCUT2D eigenvalue weighted by atomic mass is 9.60. The number of benzene rings is 2. The second kappa shape index (κ2) is 16.6. The molecule has 1 spiro atoms. The number of ether oxygens (including phenoxy) is 1. The molecule has 7 amide bonds. The number of fused-ring (bicyclic) bond motifs is 2. The average Bonchev–Trinajstić information content (AvgIpc) is 3.86. The number of alkyl halides is 2. The maximum absolute atomic E-state index is 15.6. The van der Waals surface area contributed by atoms with E-state index in [4.69, 9.17) is 4.74 Å². The Morgan fingerprint density at radius 1 is 0.985 bits per heavy atom. The highest BCUT2D eigenvalue weighted by Crippen LogP contribution is 2.49. The Morgan fingerprint density at radius 2 is 1.74 bits per heavy atom. The van der Waals surface area contributed by atoms with Crippen molar-refractivity contribution < 1.29 is 51.5 Å². The molecule has 2 saturated carbocycles. The predicted molar refractivity (Wildman–Crippen MR) is 227 cm³/mol. The van der Waals surface area contributed by atoms with Crippen LogP contribution in [0.4, 0.5) is 42.0 Å². The number of nitrogens with zero attached hydrogens (tertiary/aromatic N) is 6. The molecule has 2 aliphatic carbocycles. The second-order valence-electron chi connectivity index (χ2n) is 17.7. The first-order valence-electron chi connectivity index (χ1n) is 21.7. The summed E-state index contributed by atoms with van der Waals surface area (Å²) in [6.07, 6.45) is 6.25. The molecule has 4 aliphatic heterocycles. The van der Waals surface area contributed by atoms with Crippen molar-refractivity contribution in [3.63, 3.8) is 0 Å². The van der Waals surface area contributed by atoms with Gasteiger partial charge in [0.1, 0.15) is 23.3 Å². The van der Waals surface area contributed by atoms with E-state index in [0.717, 1.165) is 28.7 Å². The van der Waals surface area contributed by atoms with Gasteiger partial charge in [0, 0.05) is 68.8 Å². The Labute approximate surface area is 370 Å². The molecule has 18 nitrogen and oxygen atoms in total. The summed E-state index contributed by atoms with van der Waals surface area (Å²) < 4.78 is 51.2. The highest BCUT2D eigenvalue weighted by Gasteiger charge is 2.54. The van der Waals surface area contributed by atoms with Crippen LogP contribution >= 0.6 is 0 Å². The fraction of sp³-hybridized carbons (Fsp3) is 0.477. The summed E-state index contributed by atoms with van der Waals surface area (Å²) in [5.74, 6) is -8.73. The smallest absolute Gasteiger partial charge is 0.342 e.